The van der Waals surface area contributed by atoms with Crippen molar-refractivity contribution in [3.05, 3.63) is 0 Å². The molecule has 1 saturated heterocycles. The van der Waals surface area contributed by atoms with Crippen molar-refractivity contribution in [2.75, 3.05) is 19.8 Å². The summed E-state index contributed by atoms with van der Waals surface area (Å²) in [4.78, 5) is 49.7. The van der Waals surface area contributed by atoms with Crippen molar-refractivity contribution in [1.82, 2.24) is 0 Å². The molecule has 0 aliphatic carbocycles. The van der Waals surface area contributed by atoms with Crippen molar-refractivity contribution in [3.8, 4) is 0 Å². The van der Waals surface area contributed by atoms with E-state index in [0.29, 0.717) is 12.8 Å². The van der Waals surface area contributed by atoms with Crippen LogP contribution < -0.4 is 0 Å². The van der Waals surface area contributed by atoms with Crippen LogP contribution in [0.4, 0.5) is 0 Å². The maximum absolute atomic E-state index is 13.1. The highest BCUT2D eigenvalue weighted by Crippen LogP contribution is 2.31. The molecule has 262 valence electrons. The van der Waals surface area contributed by atoms with Gasteiger partial charge in [-0.3, -0.25) is 19.2 Å². The third-order valence-corrected chi connectivity index (χ3v) is 7.41. The number of carbonyl (C=O) groups excluding carboxylic acids is 4. The molecule has 13 nitrogen and oxygen atoms in total. The molecule has 0 aromatic rings. The highest BCUT2D eigenvalue weighted by molar-refractivity contribution is 5.71. The van der Waals surface area contributed by atoms with E-state index in [1.807, 2.05) is 6.92 Å². The van der Waals surface area contributed by atoms with Crippen LogP contribution in [0.25, 0.3) is 0 Å². The molecule has 0 radical (unpaired) electrons. The Hall–Kier alpha value is -2.32. The predicted molar refractivity (Wildman–Crippen MR) is 162 cm³/mol. The summed E-state index contributed by atoms with van der Waals surface area (Å²) >= 11 is 0. The van der Waals surface area contributed by atoms with Gasteiger partial charge in [0.15, 0.2) is 24.6 Å². The molecular weight excluding hydrogens is 592 g/mol. The Morgan fingerprint density at radius 1 is 0.667 bits per heavy atom. The molecule has 0 bridgehead atoms. The molecule has 0 aromatic heterocycles. The second-order valence-corrected chi connectivity index (χ2v) is 11.5. The fourth-order valence-corrected chi connectivity index (χ4v) is 4.89. The minimum Gasteiger partial charge on any atom is -0.463 e. The zero-order valence-corrected chi connectivity index (χ0v) is 27.5. The molecule has 1 fully saturated rings. The number of aliphatic hydroxyl groups is 3. The lowest BCUT2D eigenvalue weighted by Crippen LogP contribution is -2.63. The average Bonchev–Trinajstić information content (AvgIpc) is 2.99. The fourth-order valence-electron chi connectivity index (χ4n) is 4.89. The van der Waals surface area contributed by atoms with E-state index in [9.17, 15) is 34.5 Å². The number of rotatable bonds is 24. The maximum atomic E-state index is 13.1. The van der Waals surface area contributed by atoms with Crippen molar-refractivity contribution >= 4 is 23.9 Å². The van der Waals surface area contributed by atoms with E-state index in [2.05, 4.69) is 6.92 Å². The summed E-state index contributed by atoms with van der Waals surface area (Å²) in [6, 6.07) is 0. The van der Waals surface area contributed by atoms with Gasteiger partial charge < -0.3 is 43.7 Å². The summed E-state index contributed by atoms with van der Waals surface area (Å²) in [6.07, 6.45) is 1.82. The van der Waals surface area contributed by atoms with E-state index >= 15 is 0 Å². The van der Waals surface area contributed by atoms with Gasteiger partial charge in [-0.05, 0) is 12.8 Å². The Kier molecular flexibility index (Phi) is 21.7. The lowest BCUT2D eigenvalue weighted by atomic mass is 9.97. The van der Waals surface area contributed by atoms with E-state index in [-0.39, 0.29) is 12.8 Å². The van der Waals surface area contributed by atoms with E-state index in [0.717, 1.165) is 45.4 Å². The van der Waals surface area contributed by atoms with Gasteiger partial charge in [0.2, 0.25) is 0 Å². The minimum absolute atomic E-state index is 0.0527. The van der Waals surface area contributed by atoms with Crippen molar-refractivity contribution in [3.63, 3.8) is 0 Å². The molecule has 1 aliphatic rings. The number of esters is 4. The highest BCUT2D eigenvalue weighted by atomic mass is 16.7. The molecule has 13 heteroatoms. The summed E-state index contributed by atoms with van der Waals surface area (Å²) in [5.41, 5.74) is 0. The van der Waals surface area contributed by atoms with E-state index < -0.39 is 86.6 Å². The van der Waals surface area contributed by atoms with Crippen LogP contribution in [-0.4, -0.2) is 102 Å². The van der Waals surface area contributed by atoms with E-state index in [1.54, 1.807) is 0 Å². The summed E-state index contributed by atoms with van der Waals surface area (Å²) in [5, 5.41) is 29.1. The van der Waals surface area contributed by atoms with Crippen LogP contribution in [0.1, 0.15) is 118 Å². The van der Waals surface area contributed by atoms with Gasteiger partial charge in [0.05, 0.1) is 13.2 Å². The Morgan fingerprint density at radius 3 is 1.71 bits per heavy atom. The van der Waals surface area contributed by atoms with Gasteiger partial charge >= 0.3 is 23.9 Å². The average molecular weight is 649 g/mol. The molecule has 1 aliphatic heterocycles. The van der Waals surface area contributed by atoms with Gasteiger partial charge in [0.1, 0.15) is 24.9 Å². The Labute approximate surface area is 267 Å². The van der Waals surface area contributed by atoms with Gasteiger partial charge in [-0.2, -0.15) is 0 Å². The molecule has 1 heterocycles. The van der Waals surface area contributed by atoms with Crippen LogP contribution in [-0.2, 0) is 47.6 Å². The van der Waals surface area contributed by atoms with Crippen LogP contribution >= 0.6 is 0 Å². The molecule has 0 amide bonds. The normalized spacial score (nSPS) is 22.7. The van der Waals surface area contributed by atoms with Gasteiger partial charge in [-0.1, -0.05) is 78.1 Å². The third-order valence-electron chi connectivity index (χ3n) is 7.41. The van der Waals surface area contributed by atoms with Crippen molar-refractivity contribution in [1.29, 1.82) is 0 Å². The summed E-state index contributed by atoms with van der Waals surface area (Å²) < 4.78 is 33.7. The van der Waals surface area contributed by atoms with E-state index in [4.69, 9.17) is 28.4 Å². The molecule has 1 rings (SSSR count). The highest BCUT2D eigenvalue weighted by Gasteiger charge is 2.53. The number of carbonyl (C=O) groups is 4. The van der Waals surface area contributed by atoms with E-state index in [1.165, 1.54) is 32.6 Å². The van der Waals surface area contributed by atoms with Crippen molar-refractivity contribution < 1.29 is 62.9 Å². The smallest absolute Gasteiger partial charge is 0.306 e. The standard InChI is InChI=1S/C32H56O13/c1-5-7-9-10-11-12-13-14-16-18-27(38)44-30-29(42-23(4)35)26(21-40-22(3)34)43-32(41-20-25(37)24(36)19-33)31(30)45-28(39)17-15-8-6-2/h24-26,29-33,36-37H,5-21H2,1-4H3. The molecule has 7 unspecified atom stereocenters. The number of ether oxygens (including phenoxy) is 6. The summed E-state index contributed by atoms with van der Waals surface area (Å²) in [7, 11) is 0. The first-order valence-corrected chi connectivity index (χ1v) is 16.5. The quantitative estimate of drug-likeness (QED) is 0.0788. The molecule has 0 spiro atoms. The molecule has 3 N–H and O–H groups in total. The van der Waals surface area contributed by atoms with Crippen LogP contribution in [0.15, 0.2) is 0 Å². The Bertz CT molecular complexity index is 851. The SMILES string of the molecule is CCCCCCCCCCCC(=O)OC1C(OC(C)=O)C(COC(C)=O)OC(OCC(O)C(O)CO)C1OC(=O)CCCCC. The summed E-state index contributed by atoms with van der Waals surface area (Å²) in [6.45, 7) is 4.75. The molecule has 45 heavy (non-hydrogen) atoms. The lowest BCUT2D eigenvalue weighted by molar-refractivity contribution is -0.312. The largest absolute Gasteiger partial charge is 0.463 e. The zero-order chi connectivity index (χ0) is 33.6. The topological polar surface area (TPSA) is 184 Å². The van der Waals surface area contributed by atoms with Gasteiger partial charge in [0.25, 0.3) is 0 Å². The Balaban J connectivity index is 3.16. The number of unbranched alkanes of at least 4 members (excludes halogenated alkanes) is 10. The lowest BCUT2D eigenvalue weighted by Gasteiger charge is -2.44. The fraction of sp³-hybridized carbons (Fsp3) is 0.875. The first-order chi connectivity index (χ1) is 21.5. The van der Waals surface area contributed by atoms with Crippen LogP contribution in [0.5, 0.6) is 0 Å². The second-order valence-electron chi connectivity index (χ2n) is 11.5. The second kappa shape index (κ2) is 23.9. The maximum Gasteiger partial charge on any atom is 0.306 e. The third kappa shape index (κ3) is 17.2. The minimum atomic E-state index is -1.54. The predicted octanol–water partition coefficient (Wildman–Crippen LogP) is 3.26. The molecule has 0 aromatic carbocycles. The first-order valence-electron chi connectivity index (χ1n) is 16.5. The van der Waals surface area contributed by atoms with Crippen molar-refractivity contribution in [2.45, 2.75) is 161 Å². The van der Waals surface area contributed by atoms with Gasteiger partial charge in [-0.15, -0.1) is 0 Å². The van der Waals surface area contributed by atoms with Gasteiger partial charge in [-0.25, -0.2) is 0 Å². The first kappa shape index (κ1) is 40.7. The van der Waals surface area contributed by atoms with Crippen LogP contribution in [0.3, 0.4) is 0 Å². The molecule has 0 saturated carbocycles. The van der Waals surface area contributed by atoms with Gasteiger partial charge in [0, 0.05) is 26.7 Å². The zero-order valence-electron chi connectivity index (χ0n) is 27.5. The van der Waals surface area contributed by atoms with Crippen LogP contribution in [0.2, 0.25) is 0 Å². The number of hydrogen-bond donors (Lipinski definition) is 3. The Morgan fingerprint density at radius 2 is 1.18 bits per heavy atom. The number of aliphatic hydroxyl groups excluding tert-OH is 3. The summed E-state index contributed by atoms with van der Waals surface area (Å²) in [5.74, 6) is -2.65. The number of hydrogen-bond acceptors (Lipinski definition) is 13. The monoisotopic (exact) mass is 648 g/mol. The van der Waals surface area contributed by atoms with Crippen molar-refractivity contribution in [2.24, 2.45) is 0 Å². The van der Waals surface area contributed by atoms with Crippen LogP contribution in [0, 0.1) is 0 Å². The molecular formula is C32H56O13. The molecule has 7 atom stereocenters.